The van der Waals surface area contributed by atoms with Crippen molar-refractivity contribution in [3.8, 4) is 0 Å². The first kappa shape index (κ1) is 18.3. The Morgan fingerprint density at radius 2 is 1.97 bits per heavy atom. The highest BCUT2D eigenvalue weighted by Gasteiger charge is 2.36. The van der Waals surface area contributed by atoms with Crippen molar-refractivity contribution in [2.75, 3.05) is 26.7 Å². The third kappa shape index (κ3) is 3.02. The molecule has 0 unspecified atom stereocenters. The number of rotatable bonds is 2. The Kier molecular flexibility index (Phi) is 4.38. The molecule has 29 heavy (non-hydrogen) atoms. The number of halogens is 1. The van der Waals surface area contributed by atoms with E-state index in [0.29, 0.717) is 12.2 Å². The zero-order chi connectivity index (χ0) is 20.1. The van der Waals surface area contributed by atoms with E-state index in [4.69, 9.17) is 0 Å². The van der Waals surface area contributed by atoms with Crippen LogP contribution < -0.4 is 0 Å². The molecule has 8 heteroatoms. The number of aryl methyl sites for hydroxylation is 1. The molecule has 0 N–H and O–H groups in total. The second kappa shape index (κ2) is 6.95. The van der Waals surface area contributed by atoms with Crippen molar-refractivity contribution < 1.29 is 9.18 Å². The molecule has 0 bridgehead atoms. The van der Waals surface area contributed by atoms with Crippen molar-refractivity contribution in [2.45, 2.75) is 31.8 Å². The first-order valence-corrected chi connectivity index (χ1v) is 10.2. The third-order valence-electron chi connectivity index (χ3n) is 6.31. The maximum atomic E-state index is 13.6. The number of likely N-dealkylation sites (tertiary alicyclic amines) is 1. The van der Waals surface area contributed by atoms with Gasteiger partial charge in [0.1, 0.15) is 17.3 Å². The normalized spacial score (nSPS) is 20.2. The molecular formula is C21H25FN6O. The van der Waals surface area contributed by atoms with Gasteiger partial charge in [0.25, 0.3) is 5.91 Å². The summed E-state index contributed by atoms with van der Waals surface area (Å²) in [4.78, 5) is 17.7. The van der Waals surface area contributed by atoms with E-state index in [-0.39, 0.29) is 17.8 Å². The van der Waals surface area contributed by atoms with Gasteiger partial charge in [-0.1, -0.05) is 0 Å². The molecule has 1 saturated heterocycles. The predicted molar refractivity (Wildman–Crippen MR) is 107 cm³/mol. The van der Waals surface area contributed by atoms with Gasteiger partial charge in [-0.3, -0.25) is 4.79 Å². The number of hydrogen-bond donors (Lipinski definition) is 0. The lowest BCUT2D eigenvalue weighted by Crippen LogP contribution is -2.33. The van der Waals surface area contributed by atoms with Crippen molar-refractivity contribution in [1.82, 2.24) is 29.1 Å². The molecular weight excluding hydrogens is 371 g/mol. The number of amides is 1. The minimum Gasteiger partial charge on any atom is -0.340 e. The van der Waals surface area contributed by atoms with Crippen molar-refractivity contribution in [2.24, 2.45) is 7.05 Å². The number of fused-ring (bicyclic) bond motifs is 2. The smallest absolute Gasteiger partial charge is 0.271 e. The minimum atomic E-state index is -0.294. The van der Waals surface area contributed by atoms with Gasteiger partial charge in [-0.05, 0) is 44.2 Å². The number of nitrogens with zero attached hydrogens (tertiary/aromatic N) is 6. The Bertz CT molecular complexity index is 1090. The van der Waals surface area contributed by atoms with E-state index in [1.807, 2.05) is 16.5 Å². The zero-order valence-corrected chi connectivity index (χ0v) is 16.8. The highest BCUT2D eigenvalue weighted by molar-refractivity contribution is 5.99. The quantitative estimate of drug-likeness (QED) is 0.667. The summed E-state index contributed by atoms with van der Waals surface area (Å²) in [7, 11) is 3.98. The second-order valence-electron chi connectivity index (χ2n) is 8.13. The Balaban J connectivity index is 1.48. The van der Waals surface area contributed by atoms with Gasteiger partial charge in [0.2, 0.25) is 0 Å². The van der Waals surface area contributed by atoms with E-state index in [1.165, 1.54) is 12.1 Å². The van der Waals surface area contributed by atoms with Crippen molar-refractivity contribution >= 4 is 16.8 Å². The molecule has 7 nitrogen and oxygen atoms in total. The van der Waals surface area contributed by atoms with Gasteiger partial charge >= 0.3 is 0 Å². The van der Waals surface area contributed by atoms with Crippen molar-refractivity contribution in [1.29, 1.82) is 0 Å². The molecule has 152 valence electrons. The van der Waals surface area contributed by atoms with Gasteiger partial charge in [0.05, 0.1) is 6.04 Å². The molecule has 1 fully saturated rings. The van der Waals surface area contributed by atoms with E-state index in [9.17, 15) is 9.18 Å². The highest BCUT2D eigenvalue weighted by Crippen LogP contribution is 2.34. The fourth-order valence-electron chi connectivity index (χ4n) is 4.65. The summed E-state index contributed by atoms with van der Waals surface area (Å²) in [6, 6.07) is 6.34. The molecule has 5 rings (SSSR count). The van der Waals surface area contributed by atoms with E-state index in [1.54, 1.807) is 12.1 Å². The molecule has 2 aliphatic heterocycles. The summed E-state index contributed by atoms with van der Waals surface area (Å²) in [5.41, 5.74) is 1.43. The number of hydrogen-bond acceptors (Lipinski definition) is 4. The van der Waals surface area contributed by atoms with E-state index in [2.05, 4.69) is 26.7 Å². The first-order valence-electron chi connectivity index (χ1n) is 10.2. The van der Waals surface area contributed by atoms with E-state index in [0.717, 1.165) is 61.4 Å². The molecule has 1 aromatic carbocycles. The second-order valence-corrected chi connectivity index (χ2v) is 8.13. The number of aromatic nitrogens is 4. The third-order valence-corrected chi connectivity index (χ3v) is 6.31. The fraction of sp³-hybridized carbons (Fsp3) is 0.476. The van der Waals surface area contributed by atoms with Crippen LogP contribution in [0.2, 0.25) is 0 Å². The molecule has 3 aromatic rings. The van der Waals surface area contributed by atoms with Gasteiger partial charge in [-0.25, -0.2) is 4.39 Å². The molecule has 2 aromatic heterocycles. The Hall–Kier alpha value is -2.74. The average Bonchev–Trinajstić information content (AvgIpc) is 3.38. The first-order chi connectivity index (χ1) is 14.0. The van der Waals surface area contributed by atoms with Gasteiger partial charge in [-0.15, -0.1) is 10.2 Å². The molecule has 0 saturated carbocycles. The van der Waals surface area contributed by atoms with Crippen molar-refractivity contribution in [3.05, 3.63) is 47.4 Å². The SMILES string of the molecule is CN1CCc2nnc([C@@H]3CCCN3C(=O)c3cc4cc(F)ccc4n3C)n2CC1. The molecule has 4 heterocycles. The van der Waals surface area contributed by atoms with Crippen LogP contribution in [0.4, 0.5) is 4.39 Å². The summed E-state index contributed by atoms with van der Waals surface area (Å²) in [6.45, 7) is 3.47. The lowest BCUT2D eigenvalue weighted by atomic mass is 10.2. The summed E-state index contributed by atoms with van der Waals surface area (Å²) in [6.07, 6.45) is 2.70. The fourth-order valence-corrected chi connectivity index (χ4v) is 4.65. The molecule has 0 radical (unpaired) electrons. The molecule has 0 aliphatic carbocycles. The van der Waals surface area contributed by atoms with Crippen LogP contribution in [0.3, 0.4) is 0 Å². The number of carbonyl (C=O) groups is 1. The average molecular weight is 396 g/mol. The van der Waals surface area contributed by atoms with Gasteiger partial charge in [0.15, 0.2) is 5.82 Å². The molecule has 0 spiro atoms. The summed E-state index contributed by atoms with van der Waals surface area (Å²) in [5, 5.41) is 9.66. The monoisotopic (exact) mass is 396 g/mol. The largest absolute Gasteiger partial charge is 0.340 e. The molecule has 1 atom stereocenters. The Morgan fingerprint density at radius 3 is 2.83 bits per heavy atom. The predicted octanol–water partition coefficient (Wildman–Crippen LogP) is 2.37. The maximum absolute atomic E-state index is 13.6. The van der Waals surface area contributed by atoms with Crippen LogP contribution in [0.15, 0.2) is 24.3 Å². The van der Waals surface area contributed by atoms with Crippen LogP contribution in [0.5, 0.6) is 0 Å². The van der Waals surface area contributed by atoms with Gasteiger partial charge in [-0.2, -0.15) is 0 Å². The number of likely N-dealkylation sites (N-methyl/N-ethyl adjacent to an activating group) is 1. The minimum absolute atomic E-state index is 0.0327. The summed E-state index contributed by atoms with van der Waals surface area (Å²) >= 11 is 0. The molecule has 1 amide bonds. The van der Waals surface area contributed by atoms with Crippen LogP contribution in [0.1, 0.15) is 41.0 Å². The summed E-state index contributed by atoms with van der Waals surface area (Å²) < 4.78 is 17.7. The highest BCUT2D eigenvalue weighted by atomic mass is 19.1. The molecule has 2 aliphatic rings. The maximum Gasteiger partial charge on any atom is 0.271 e. The Labute approximate surface area is 168 Å². The van der Waals surface area contributed by atoms with Crippen LogP contribution in [-0.2, 0) is 20.0 Å². The van der Waals surface area contributed by atoms with Gasteiger partial charge in [0, 0.05) is 50.6 Å². The Morgan fingerprint density at radius 1 is 1.10 bits per heavy atom. The lowest BCUT2D eigenvalue weighted by Gasteiger charge is -2.25. The van der Waals surface area contributed by atoms with Crippen LogP contribution in [-0.4, -0.2) is 61.7 Å². The zero-order valence-electron chi connectivity index (χ0n) is 16.8. The van der Waals surface area contributed by atoms with Gasteiger partial charge < -0.3 is 18.9 Å². The van der Waals surface area contributed by atoms with E-state index >= 15 is 0 Å². The topological polar surface area (TPSA) is 59.2 Å². The lowest BCUT2D eigenvalue weighted by molar-refractivity contribution is 0.0717. The van der Waals surface area contributed by atoms with Crippen molar-refractivity contribution in [3.63, 3.8) is 0 Å². The van der Waals surface area contributed by atoms with Crippen LogP contribution in [0.25, 0.3) is 10.9 Å². The van der Waals surface area contributed by atoms with Crippen LogP contribution in [0, 0.1) is 5.82 Å². The van der Waals surface area contributed by atoms with Crippen LogP contribution >= 0.6 is 0 Å². The number of carbonyl (C=O) groups excluding carboxylic acids is 1. The number of benzene rings is 1. The standard InChI is InChI=1S/C21H25FN6O/c1-25-9-7-19-23-24-20(28(19)11-10-25)17-4-3-8-27(17)21(29)18-13-14-12-15(22)5-6-16(14)26(18)2/h5-6,12-13,17H,3-4,7-11H2,1-2H3/t17-/m0/s1. The van der Waals surface area contributed by atoms with E-state index < -0.39 is 0 Å². The summed E-state index contributed by atoms with van der Waals surface area (Å²) in [5.74, 6) is 1.57.